The summed E-state index contributed by atoms with van der Waals surface area (Å²) in [6.07, 6.45) is 3.43. The lowest BCUT2D eigenvalue weighted by molar-refractivity contribution is -0.0635. The first-order valence-corrected chi connectivity index (χ1v) is 14.0. The Morgan fingerprint density at radius 2 is 2.08 bits per heavy atom. The molecule has 0 unspecified atom stereocenters. The van der Waals surface area contributed by atoms with Crippen molar-refractivity contribution >= 4 is 62.5 Å². The van der Waals surface area contributed by atoms with E-state index < -0.39 is 5.82 Å². The quantitative estimate of drug-likeness (QED) is 0.201. The molecule has 4 heterocycles. The van der Waals surface area contributed by atoms with Crippen LogP contribution in [0.15, 0.2) is 47.9 Å². The second kappa shape index (κ2) is 10.7. The van der Waals surface area contributed by atoms with Gasteiger partial charge in [0.25, 0.3) is 0 Å². The fraction of sp³-hybridized carbons (Fsp3) is 0.222. The van der Waals surface area contributed by atoms with Crippen LogP contribution in [0, 0.1) is 31.0 Å². The van der Waals surface area contributed by atoms with Crippen molar-refractivity contribution in [2.45, 2.75) is 25.9 Å². The van der Waals surface area contributed by atoms with E-state index in [4.69, 9.17) is 27.9 Å². The lowest BCUT2D eigenvalue weighted by atomic mass is 10.1. The summed E-state index contributed by atoms with van der Waals surface area (Å²) in [5.41, 5.74) is 12.5. The number of hydrogen-bond donors (Lipinski definition) is 4. The van der Waals surface area contributed by atoms with E-state index in [0.29, 0.717) is 46.1 Å². The van der Waals surface area contributed by atoms with E-state index in [0.717, 1.165) is 16.3 Å². The zero-order valence-electron chi connectivity index (χ0n) is 21.3. The lowest BCUT2D eigenvalue weighted by Crippen LogP contribution is -2.52. The van der Waals surface area contributed by atoms with E-state index in [1.807, 2.05) is 24.2 Å². The summed E-state index contributed by atoms with van der Waals surface area (Å²) in [6.45, 7) is 4.97. The molecule has 2 aliphatic heterocycles. The third-order valence-corrected chi connectivity index (χ3v) is 8.62. The van der Waals surface area contributed by atoms with Gasteiger partial charge in [-0.2, -0.15) is 5.26 Å². The minimum absolute atomic E-state index is 0.0125. The Kier molecular flexibility index (Phi) is 7.12. The number of aromatic nitrogens is 2. The number of halogens is 3. The average molecular weight is 598 g/mol. The number of anilines is 3. The normalized spacial score (nSPS) is 15.8. The molecule has 204 valence electrons. The first-order valence-electron chi connectivity index (χ1n) is 12.3. The summed E-state index contributed by atoms with van der Waals surface area (Å²) in [7, 11) is 0. The van der Waals surface area contributed by atoms with Gasteiger partial charge in [0.05, 0.1) is 73.5 Å². The Bertz CT molecular complexity index is 1700. The molecule has 1 saturated heterocycles. The fourth-order valence-electron chi connectivity index (χ4n) is 4.55. The molecule has 0 saturated carbocycles. The number of benzene rings is 2. The van der Waals surface area contributed by atoms with Crippen LogP contribution in [-0.2, 0) is 4.74 Å². The number of rotatable bonds is 7. The molecule has 13 heteroatoms. The molecule has 40 heavy (non-hydrogen) atoms. The maximum absolute atomic E-state index is 15.0. The van der Waals surface area contributed by atoms with Crippen molar-refractivity contribution in [2.75, 3.05) is 23.8 Å². The molecule has 4 N–H and O–H groups in total. The van der Waals surface area contributed by atoms with Crippen molar-refractivity contribution in [2.24, 2.45) is 0 Å². The molecule has 2 aromatic heterocycles. The number of pyridine rings is 1. The van der Waals surface area contributed by atoms with Gasteiger partial charge in [0, 0.05) is 23.5 Å². The molecule has 6 rings (SSSR count). The number of thiazole rings is 1. The Morgan fingerprint density at radius 3 is 2.77 bits per heavy atom. The summed E-state index contributed by atoms with van der Waals surface area (Å²) in [6, 6.07) is 9.00. The van der Waals surface area contributed by atoms with Crippen LogP contribution in [0.1, 0.15) is 27.7 Å². The molecule has 0 spiro atoms. The van der Waals surface area contributed by atoms with Gasteiger partial charge in [0.2, 0.25) is 0 Å². The highest BCUT2D eigenvalue weighted by Gasteiger charge is 2.31. The van der Waals surface area contributed by atoms with Crippen molar-refractivity contribution in [1.82, 2.24) is 25.9 Å². The van der Waals surface area contributed by atoms with Crippen LogP contribution in [0.3, 0.4) is 0 Å². The number of ether oxygens (including phenoxy) is 1. The predicted octanol–water partition coefficient (Wildman–Crippen LogP) is 6.09. The van der Waals surface area contributed by atoms with Crippen LogP contribution < -0.4 is 21.6 Å². The molecule has 2 aliphatic rings. The summed E-state index contributed by atoms with van der Waals surface area (Å²) < 4.78 is 20.4. The topological polar surface area (TPSA) is 110 Å². The van der Waals surface area contributed by atoms with Crippen molar-refractivity contribution in [3.63, 3.8) is 0 Å². The molecule has 0 aliphatic carbocycles. The summed E-state index contributed by atoms with van der Waals surface area (Å²) in [5, 5.41) is 19.4. The SMILES string of the molecule is Cc1ccc(Nc2c(C#N)cnc3c(Cl)cc(N[C@H](C4=CN(C5COC5)NN4)c4scnc4C)cc23)c(F)c1Cl. The van der Waals surface area contributed by atoms with E-state index in [1.54, 1.807) is 30.6 Å². The zero-order chi connectivity index (χ0) is 28.0. The largest absolute Gasteiger partial charge is 0.377 e. The summed E-state index contributed by atoms with van der Waals surface area (Å²) in [4.78, 5) is 9.87. The third kappa shape index (κ3) is 4.78. The molecule has 1 atom stereocenters. The highest BCUT2D eigenvalue weighted by atomic mass is 35.5. The van der Waals surface area contributed by atoms with Crippen LogP contribution in [0.25, 0.3) is 10.9 Å². The van der Waals surface area contributed by atoms with Gasteiger partial charge in [-0.25, -0.2) is 9.37 Å². The third-order valence-electron chi connectivity index (χ3n) is 6.87. The van der Waals surface area contributed by atoms with Crippen molar-refractivity contribution in [3.05, 3.63) is 85.4 Å². The first kappa shape index (κ1) is 26.6. The minimum atomic E-state index is -0.607. The van der Waals surface area contributed by atoms with Gasteiger partial charge >= 0.3 is 0 Å². The lowest BCUT2D eigenvalue weighted by Gasteiger charge is -2.33. The number of fused-ring (bicyclic) bond motifs is 1. The van der Waals surface area contributed by atoms with E-state index in [1.165, 1.54) is 17.5 Å². The van der Waals surface area contributed by atoms with Crippen LogP contribution in [-0.4, -0.2) is 34.2 Å². The van der Waals surface area contributed by atoms with E-state index >= 15 is 4.39 Å². The summed E-state index contributed by atoms with van der Waals surface area (Å²) in [5.74, 6) is -0.607. The number of nitrogens with zero attached hydrogens (tertiary/aromatic N) is 4. The zero-order valence-corrected chi connectivity index (χ0v) is 23.7. The van der Waals surface area contributed by atoms with Crippen molar-refractivity contribution in [1.29, 1.82) is 5.26 Å². The Labute approximate surface area is 243 Å². The van der Waals surface area contributed by atoms with Crippen LogP contribution in [0.2, 0.25) is 10.0 Å². The van der Waals surface area contributed by atoms with Crippen LogP contribution in [0.5, 0.6) is 0 Å². The van der Waals surface area contributed by atoms with Gasteiger partial charge in [-0.1, -0.05) is 29.3 Å². The van der Waals surface area contributed by atoms with E-state index in [2.05, 4.69) is 37.6 Å². The fourth-order valence-corrected chi connectivity index (χ4v) is 5.85. The number of hydrogen-bond acceptors (Lipinski definition) is 10. The molecule has 0 radical (unpaired) electrons. The Hall–Kier alpha value is -3.66. The maximum atomic E-state index is 15.0. The first-order chi connectivity index (χ1) is 19.3. The second-order valence-corrected chi connectivity index (χ2v) is 11.2. The van der Waals surface area contributed by atoms with Gasteiger partial charge < -0.3 is 20.8 Å². The second-order valence-electron chi connectivity index (χ2n) is 9.50. The van der Waals surface area contributed by atoms with Gasteiger partial charge in [-0.05, 0) is 37.6 Å². The molecular formula is C27H23Cl2FN8OS. The molecule has 1 fully saturated rings. The molecular weight excluding hydrogens is 574 g/mol. The molecule has 0 amide bonds. The van der Waals surface area contributed by atoms with Crippen LogP contribution in [0.4, 0.5) is 21.5 Å². The smallest absolute Gasteiger partial charge is 0.165 e. The molecule has 0 bridgehead atoms. The molecule has 9 nitrogen and oxygen atoms in total. The van der Waals surface area contributed by atoms with Gasteiger partial charge in [0.1, 0.15) is 12.1 Å². The van der Waals surface area contributed by atoms with E-state index in [9.17, 15) is 5.26 Å². The Morgan fingerprint density at radius 1 is 1.25 bits per heavy atom. The minimum Gasteiger partial charge on any atom is -0.377 e. The highest BCUT2D eigenvalue weighted by Crippen LogP contribution is 2.39. The highest BCUT2D eigenvalue weighted by molar-refractivity contribution is 7.09. The molecule has 4 aromatic rings. The van der Waals surface area contributed by atoms with Gasteiger partial charge in [-0.3, -0.25) is 9.99 Å². The number of hydrazine groups is 2. The number of nitriles is 1. The monoisotopic (exact) mass is 596 g/mol. The van der Waals surface area contributed by atoms with Gasteiger partial charge in [-0.15, -0.1) is 16.9 Å². The average Bonchev–Trinajstić information content (AvgIpc) is 3.56. The predicted molar refractivity (Wildman–Crippen MR) is 155 cm³/mol. The Balaban J connectivity index is 1.42. The van der Waals surface area contributed by atoms with E-state index in [-0.39, 0.29) is 28.4 Å². The van der Waals surface area contributed by atoms with Gasteiger partial charge in [0.15, 0.2) is 5.82 Å². The van der Waals surface area contributed by atoms with Crippen molar-refractivity contribution < 1.29 is 9.13 Å². The summed E-state index contributed by atoms with van der Waals surface area (Å²) >= 11 is 14.4. The number of aryl methyl sites for hydroxylation is 2. The maximum Gasteiger partial charge on any atom is 0.165 e. The molecule has 2 aromatic carbocycles. The van der Waals surface area contributed by atoms with Crippen molar-refractivity contribution in [3.8, 4) is 6.07 Å². The van der Waals surface area contributed by atoms with Crippen LogP contribution >= 0.6 is 34.5 Å². The standard InChI is InChI=1S/C27H23Cl2FN8OS/c1-13-3-4-20(23(30)22(13)29)35-24-15(7-31)8-32-25-18(24)5-16(6-19(25)28)34-26(27-14(2)33-12-40-27)21-9-38(37-36-21)17-10-39-11-17/h3-6,8-9,12,17,26,34,36-37H,10-11H2,1-2H3,(H,32,35)/t26-/m1/s1. The number of nitrogens with one attached hydrogen (secondary N) is 4.